The number of amides is 1. The van der Waals surface area contributed by atoms with Gasteiger partial charge in [-0.1, -0.05) is 11.3 Å². The molecule has 0 fully saturated rings. The number of anilines is 1. The molecule has 2 aromatic heterocycles. The predicted octanol–water partition coefficient (Wildman–Crippen LogP) is 3.69. The molecule has 1 amide bonds. The molecule has 1 N–H and O–H groups in total. The number of hydrogen-bond donors (Lipinski definition) is 1. The molecule has 0 aliphatic carbocycles. The number of hydrogen-bond acceptors (Lipinski definition) is 5. The monoisotopic (exact) mass is 381 g/mol. The van der Waals surface area contributed by atoms with Gasteiger partial charge in [0, 0.05) is 4.47 Å². The minimum atomic E-state index is -0.174. The standard InChI is InChI=1S/C8H5Br2N3OS2/c1-3-12-13-8(15-3)11-7(14)5-2-4(9)6(10)16-5/h2H,1H3,(H,11,13,14). The lowest BCUT2D eigenvalue weighted by molar-refractivity contribution is 0.103. The summed E-state index contributed by atoms with van der Waals surface area (Å²) in [5.74, 6) is -0.174. The van der Waals surface area contributed by atoms with Crippen LogP contribution in [-0.4, -0.2) is 16.1 Å². The first-order valence-electron chi connectivity index (χ1n) is 4.12. The van der Waals surface area contributed by atoms with Crippen LogP contribution in [0.15, 0.2) is 14.3 Å². The highest BCUT2D eigenvalue weighted by Crippen LogP contribution is 2.32. The van der Waals surface area contributed by atoms with Crippen LogP contribution in [0.3, 0.4) is 0 Å². The van der Waals surface area contributed by atoms with Crippen LogP contribution < -0.4 is 5.32 Å². The summed E-state index contributed by atoms with van der Waals surface area (Å²) in [6.45, 7) is 1.84. The highest BCUT2D eigenvalue weighted by molar-refractivity contribution is 9.13. The number of halogens is 2. The van der Waals surface area contributed by atoms with Crippen molar-refractivity contribution >= 4 is 65.6 Å². The Labute approximate surface area is 116 Å². The topological polar surface area (TPSA) is 54.9 Å². The summed E-state index contributed by atoms with van der Waals surface area (Å²) in [5, 5.41) is 11.7. The van der Waals surface area contributed by atoms with Crippen molar-refractivity contribution in [3.05, 3.63) is 24.2 Å². The van der Waals surface area contributed by atoms with E-state index in [-0.39, 0.29) is 5.91 Å². The maximum absolute atomic E-state index is 11.8. The molecule has 4 nitrogen and oxygen atoms in total. The average molecular weight is 383 g/mol. The molecule has 0 atom stereocenters. The van der Waals surface area contributed by atoms with Crippen molar-refractivity contribution in [3.8, 4) is 0 Å². The molecule has 0 radical (unpaired) electrons. The number of aromatic nitrogens is 2. The highest BCUT2D eigenvalue weighted by Gasteiger charge is 2.13. The van der Waals surface area contributed by atoms with Gasteiger partial charge >= 0.3 is 0 Å². The second-order valence-electron chi connectivity index (χ2n) is 2.81. The summed E-state index contributed by atoms with van der Waals surface area (Å²) < 4.78 is 1.77. The van der Waals surface area contributed by atoms with E-state index < -0.39 is 0 Å². The predicted molar refractivity (Wildman–Crippen MR) is 72.3 cm³/mol. The van der Waals surface area contributed by atoms with Crippen LogP contribution in [0.5, 0.6) is 0 Å². The fourth-order valence-electron chi connectivity index (χ4n) is 0.964. The van der Waals surface area contributed by atoms with Gasteiger partial charge in [-0.15, -0.1) is 21.5 Å². The quantitative estimate of drug-likeness (QED) is 0.861. The zero-order chi connectivity index (χ0) is 11.7. The molecule has 2 aromatic rings. The van der Waals surface area contributed by atoms with Crippen molar-refractivity contribution in [2.24, 2.45) is 0 Å². The van der Waals surface area contributed by atoms with Crippen molar-refractivity contribution in [1.82, 2.24) is 10.2 Å². The average Bonchev–Trinajstić information content (AvgIpc) is 2.75. The minimum absolute atomic E-state index is 0.174. The van der Waals surface area contributed by atoms with Crippen LogP contribution >= 0.6 is 54.5 Å². The third-order valence-electron chi connectivity index (χ3n) is 1.62. The zero-order valence-corrected chi connectivity index (χ0v) is 12.8. The van der Waals surface area contributed by atoms with Gasteiger partial charge < -0.3 is 0 Å². The van der Waals surface area contributed by atoms with Crippen LogP contribution in [0.4, 0.5) is 5.13 Å². The number of nitrogens with zero attached hydrogens (tertiary/aromatic N) is 2. The van der Waals surface area contributed by atoms with Crippen molar-refractivity contribution < 1.29 is 4.79 Å². The number of nitrogens with one attached hydrogen (secondary N) is 1. The molecule has 2 heterocycles. The van der Waals surface area contributed by atoms with Gasteiger partial charge in [0.2, 0.25) is 5.13 Å². The van der Waals surface area contributed by atoms with Gasteiger partial charge in [0.15, 0.2) is 0 Å². The fourth-order valence-corrected chi connectivity index (χ4v) is 3.48. The van der Waals surface area contributed by atoms with Crippen molar-refractivity contribution in [3.63, 3.8) is 0 Å². The molecular formula is C8H5Br2N3OS2. The number of carbonyl (C=O) groups excluding carboxylic acids is 1. The van der Waals surface area contributed by atoms with Crippen LogP contribution in [0.25, 0.3) is 0 Å². The van der Waals surface area contributed by atoms with E-state index in [2.05, 4.69) is 47.4 Å². The van der Waals surface area contributed by atoms with Gasteiger partial charge in [-0.25, -0.2) is 0 Å². The van der Waals surface area contributed by atoms with Gasteiger partial charge in [0.05, 0.1) is 8.66 Å². The van der Waals surface area contributed by atoms with Gasteiger partial charge in [0.25, 0.3) is 5.91 Å². The fraction of sp³-hybridized carbons (Fsp3) is 0.125. The van der Waals surface area contributed by atoms with E-state index in [9.17, 15) is 4.79 Å². The molecule has 0 bridgehead atoms. The third kappa shape index (κ3) is 2.68. The molecule has 2 rings (SSSR count). The van der Waals surface area contributed by atoms with E-state index in [0.717, 1.165) is 13.3 Å². The van der Waals surface area contributed by atoms with E-state index in [4.69, 9.17) is 0 Å². The van der Waals surface area contributed by atoms with Crippen LogP contribution in [0.1, 0.15) is 14.7 Å². The number of thiophene rings is 1. The number of aryl methyl sites for hydroxylation is 1. The first-order valence-corrected chi connectivity index (χ1v) is 7.34. The van der Waals surface area contributed by atoms with E-state index in [1.807, 2.05) is 6.92 Å². The lowest BCUT2D eigenvalue weighted by Crippen LogP contribution is -2.09. The Kier molecular flexibility index (Phi) is 3.73. The van der Waals surface area contributed by atoms with E-state index >= 15 is 0 Å². The second-order valence-corrected chi connectivity index (χ2v) is 7.22. The molecule has 0 aliphatic heterocycles. The lowest BCUT2D eigenvalue weighted by Gasteiger charge is -1.95. The highest BCUT2D eigenvalue weighted by atomic mass is 79.9. The van der Waals surface area contributed by atoms with Gasteiger partial charge in [0.1, 0.15) is 5.01 Å². The summed E-state index contributed by atoms with van der Waals surface area (Å²) >= 11 is 9.38. The Balaban J connectivity index is 2.14. The molecule has 0 spiro atoms. The molecule has 16 heavy (non-hydrogen) atoms. The molecule has 0 saturated heterocycles. The van der Waals surface area contributed by atoms with Crippen LogP contribution in [0.2, 0.25) is 0 Å². The molecular weight excluding hydrogens is 378 g/mol. The maximum atomic E-state index is 11.8. The number of rotatable bonds is 2. The summed E-state index contributed by atoms with van der Waals surface area (Å²) in [7, 11) is 0. The number of carbonyl (C=O) groups is 1. The Morgan fingerprint density at radius 3 is 2.62 bits per heavy atom. The van der Waals surface area contributed by atoms with Gasteiger partial charge in [-0.05, 0) is 44.8 Å². The smallest absolute Gasteiger partial charge is 0.267 e. The molecule has 0 unspecified atom stereocenters. The summed E-state index contributed by atoms with van der Waals surface area (Å²) in [4.78, 5) is 12.4. The summed E-state index contributed by atoms with van der Waals surface area (Å²) in [5.41, 5.74) is 0. The molecule has 0 saturated carbocycles. The van der Waals surface area contributed by atoms with Crippen molar-refractivity contribution in [1.29, 1.82) is 0 Å². The third-order valence-corrected chi connectivity index (χ3v) is 5.62. The zero-order valence-electron chi connectivity index (χ0n) is 7.95. The SMILES string of the molecule is Cc1nnc(NC(=O)c2cc(Br)c(Br)s2)s1. The van der Waals surface area contributed by atoms with Crippen LogP contribution in [0, 0.1) is 6.92 Å². The largest absolute Gasteiger partial charge is 0.296 e. The molecule has 84 valence electrons. The Morgan fingerprint density at radius 1 is 1.38 bits per heavy atom. The molecule has 0 aromatic carbocycles. The Bertz CT molecular complexity index is 518. The van der Waals surface area contributed by atoms with E-state index in [0.29, 0.717) is 10.0 Å². The summed E-state index contributed by atoms with van der Waals surface area (Å²) in [6.07, 6.45) is 0. The minimum Gasteiger partial charge on any atom is -0.296 e. The van der Waals surface area contributed by atoms with Gasteiger partial charge in [-0.3, -0.25) is 10.1 Å². The Hall–Kier alpha value is -0.310. The Morgan fingerprint density at radius 2 is 2.12 bits per heavy atom. The second kappa shape index (κ2) is 4.91. The molecule has 8 heteroatoms. The first-order chi connectivity index (χ1) is 7.56. The normalized spacial score (nSPS) is 10.4. The summed E-state index contributed by atoms with van der Waals surface area (Å²) in [6, 6.07) is 1.76. The van der Waals surface area contributed by atoms with Crippen LogP contribution in [-0.2, 0) is 0 Å². The first kappa shape index (κ1) is 12.2. The molecule has 0 aliphatic rings. The van der Waals surface area contributed by atoms with E-state index in [1.54, 1.807) is 6.07 Å². The van der Waals surface area contributed by atoms with Crippen molar-refractivity contribution in [2.75, 3.05) is 5.32 Å². The van der Waals surface area contributed by atoms with Gasteiger partial charge in [-0.2, -0.15) is 0 Å². The van der Waals surface area contributed by atoms with Crippen molar-refractivity contribution in [2.45, 2.75) is 6.92 Å². The maximum Gasteiger partial charge on any atom is 0.267 e. The lowest BCUT2D eigenvalue weighted by atomic mass is 10.4. The van der Waals surface area contributed by atoms with E-state index in [1.165, 1.54) is 22.7 Å².